The maximum atomic E-state index is 8.95. The molecule has 0 aliphatic rings. The average Bonchev–Trinajstić information content (AvgIpc) is 2.90. The molecule has 2 N–H and O–H groups in total. The van der Waals surface area contributed by atoms with E-state index in [0.29, 0.717) is 6.04 Å². The smallest absolute Gasteiger partial charge is 0.0794 e. The molecule has 0 radical (unpaired) electrons. The molecule has 1 unspecified atom stereocenters. The van der Waals surface area contributed by atoms with Crippen LogP contribution in [0.15, 0.2) is 36.0 Å². The maximum Gasteiger partial charge on any atom is 0.0794 e. The van der Waals surface area contributed by atoms with Crippen molar-refractivity contribution in [1.29, 1.82) is 0 Å². The van der Waals surface area contributed by atoms with Crippen molar-refractivity contribution < 1.29 is 5.11 Å². The fraction of sp³-hybridized carbons (Fsp3) is 0.308. The molecule has 3 nitrogen and oxygen atoms in total. The van der Waals surface area contributed by atoms with Crippen molar-refractivity contribution in [3.05, 3.63) is 52.0 Å². The first-order chi connectivity index (χ1) is 8.29. The number of hydrogen-bond acceptors (Lipinski definition) is 4. The second kappa shape index (κ2) is 5.91. The number of hydrogen-bond donors (Lipinski definition) is 2. The van der Waals surface area contributed by atoms with Crippen molar-refractivity contribution in [3.8, 4) is 0 Å². The summed E-state index contributed by atoms with van der Waals surface area (Å²) in [5, 5.41) is 12.4. The molecule has 0 saturated heterocycles. The third kappa shape index (κ3) is 3.36. The first-order valence-corrected chi connectivity index (χ1v) is 6.48. The number of aliphatic hydroxyl groups excluding tert-OH is 1. The summed E-state index contributed by atoms with van der Waals surface area (Å²) in [6.07, 6.45) is 1.90. The standard InChI is InChI=1S/C13H16N2OS/c1-10(13-7-14-9-17-13)15-6-11-2-4-12(8-16)5-3-11/h2-5,7,9-10,15-16H,6,8H2,1H3. The van der Waals surface area contributed by atoms with Crippen LogP contribution in [0.3, 0.4) is 0 Å². The Morgan fingerprint density at radius 1 is 1.29 bits per heavy atom. The Morgan fingerprint density at radius 2 is 2.00 bits per heavy atom. The molecule has 1 heterocycles. The van der Waals surface area contributed by atoms with Gasteiger partial charge in [0.15, 0.2) is 0 Å². The summed E-state index contributed by atoms with van der Waals surface area (Å²) in [4.78, 5) is 5.32. The molecule has 1 aromatic carbocycles. The van der Waals surface area contributed by atoms with Crippen molar-refractivity contribution in [2.45, 2.75) is 26.1 Å². The van der Waals surface area contributed by atoms with Crippen LogP contribution in [-0.2, 0) is 13.2 Å². The van der Waals surface area contributed by atoms with Gasteiger partial charge in [-0.25, -0.2) is 0 Å². The average molecular weight is 248 g/mol. The molecule has 1 atom stereocenters. The molecule has 0 spiro atoms. The van der Waals surface area contributed by atoms with E-state index in [-0.39, 0.29) is 6.61 Å². The van der Waals surface area contributed by atoms with Crippen molar-refractivity contribution in [3.63, 3.8) is 0 Å². The van der Waals surface area contributed by atoms with Gasteiger partial charge in [-0.05, 0) is 18.1 Å². The van der Waals surface area contributed by atoms with Gasteiger partial charge in [-0.1, -0.05) is 24.3 Å². The molecule has 2 rings (SSSR count). The van der Waals surface area contributed by atoms with Crippen LogP contribution >= 0.6 is 11.3 Å². The van der Waals surface area contributed by atoms with Gasteiger partial charge in [-0.3, -0.25) is 4.98 Å². The van der Waals surface area contributed by atoms with Crippen LogP contribution in [-0.4, -0.2) is 10.1 Å². The summed E-state index contributed by atoms with van der Waals surface area (Å²) < 4.78 is 0. The second-order valence-electron chi connectivity index (χ2n) is 3.98. The summed E-state index contributed by atoms with van der Waals surface area (Å²) in [5.41, 5.74) is 4.02. The van der Waals surface area contributed by atoms with E-state index in [9.17, 15) is 0 Å². The van der Waals surface area contributed by atoms with Gasteiger partial charge in [-0.2, -0.15) is 0 Å². The molecular formula is C13H16N2OS. The minimum atomic E-state index is 0.102. The van der Waals surface area contributed by atoms with E-state index >= 15 is 0 Å². The van der Waals surface area contributed by atoms with Gasteiger partial charge in [0, 0.05) is 23.7 Å². The van der Waals surface area contributed by atoms with Gasteiger partial charge in [0.2, 0.25) is 0 Å². The minimum absolute atomic E-state index is 0.102. The molecular weight excluding hydrogens is 232 g/mol. The molecule has 17 heavy (non-hydrogen) atoms. The number of nitrogens with zero attached hydrogens (tertiary/aromatic N) is 1. The van der Waals surface area contributed by atoms with Gasteiger partial charge in [0.1, 0.15) is 0 Å². The number of aliphatic hydroxyl groups is 1. The van der Waals surface area contributed by atoms with E-state index in [1.807, 2.05) is 36.0 Å². The Labute approximate surface area is 105 Å². The summed E-state index contributed by atoms with van der Waals surface area (Å²) in [7, 11) is 0. The number of benzene rings is 1. The van der Waals surface area contributed by atoms with E-state index in [0.717, 1.165) is 12.1 Å². The summed E-state index contributed by atoms with van der Waals surface area (Å²) in [6.45, 7) is 3.06. The summed E-state index contributed by atoms with van der Waals surface area (Å²) >= 11 is 1.67. The monoisotopic (exact) mass is 248 g/mol. The summed E-state index contributed by atoms with van der Waals surface area (Å²) in [6, 6.07) is 8.30. The van der Waals surface area contributed by atoms with Crippen LogP contribution in [0.5, 0.6) is 0 Å². The van der Waals surface area contributed by atoms with Crippen molar-refractivity contribution in [1.82, 2.24) is 10.3 Å². The Morgan fingerprint density at radius 3 is 2.59 bits per heavy atom. The molecule has 0 saturated carbocycles. The number of rotatable bonds is 5. The third-order valence-corrected chi connectivity index (χ3v) is 3.65. The molecule has 0 aliphatic heterocycles. The van der Waals surface area contributed by atoms with Crippen LogP contribution in [0.4, 0.5) is 0 Å². The lowest BCUT2D eigenvalue weighted by atomic mass is 10.1. The van der Waals surface area contributed by atoms with Crippen molar-refractivity contribution >= 4 is 11.3 Å². The Hall–Kier alpha value is -1.23. The van der Waals surface area contributed by atoms with E-state index in [1.165, 1.54) is 10.4 Å². The van der Waals surface area contributed by atoms with Gasteiger partial charge in [0.05, 0.1) is 12.1 Å². The van der Waals surface area contributed by atoms with Gasteiger partial charge < -0.3 is 10.4 Å². The topological polar surface area (TPSA) is 45.1 Å². The zero-order valence-electron chi connectivity index (χ0n) is 9.76. The van der Waals surface area contributed by atoms with Gasteiger partial charge >= 0.3 is 0 Å². The van der Waals surface area contributed by atoms with Crippen molar-refractivity contribution in [2.75, 3.05) is 0 Å². The van der Waals surface area contributed by atoms with Gasteiger partial charge in [0.25, 0.3) is 0 Å². The first kappa shape index (κ1) is 12.2. The third-order valence-electron chi connectivity index (χ3n) is 2.70. The van der Waals surface area contributed by atoms with Gasteiger partial charge in [-0.15, -0.1) is 11.3 Å². The normalized spacial score (nSPS) is 12.6. The van der Waals surface area contributed by atoms with Crippen molar-refractivity contribution in [2.24, 2.45) is 0 Å². The van der Waals surface area contributed by atoms with E-state index in [4.69, 9.17) is 5.11 Å². The lowest BCUT2D eigenvalue weighted by Crippen LogP contribution is -2.17. The Balaban J connectivity index is 1.89. The van der Waals surface area contributed by atoms with E-state index in [1.54, 1.807) is 11.3 Å². The predicted molar refractivity (Wildman–Crippen MR) is 69.7 cm³/mol. The highest BCUT2D eigenvalue weighted by atomic mass is 32.1. The highest BCUT2D eigenvalue weighted by molar-refractivity contribution is 7.09. The molecule has 0 aliphatic carbocycles. The number of thiazole rings is 1. The number of nitrogens with one attached hydrogen (secondary N) is 1. The highest BCUT2D eigenvalue weighted by Gasteiger charge is 2.05. The maximum absolute atomic E-state index is 8.95. The molecule has 0 amide bonds. The highest BCUT2D eigenvalue weighted by Crippen LogP contribution is 2.16. The van der Waals surface area contributed by atoms with E-state index in [2.05, 4.69) is 17.2 Å². The molecule has 0 fully saturated rings. The van der Waals surface area contributed by atoms with Crippen LogP contribution in [0.25, 0.3) is 0 Å². The fourth-order valence-corrected chi connectivity index (χ4v) is 2.23. The molecule has 4 heteroatoms. The largest absolute Gasteiger partial charge is 0.392 e. The van der Waals surface area contributed by atoms with Crippen LogP contribution in [0.2, 0.25) is 0 Å². The first-order valence-electron chi connectivity index (χ1n) is 5.60. The van der Waals surface area contributed by atoms with Crippen LogP contribution in [0.1, 0.15) is 29.0 Å². The fourth-order valence-electron chi connectivity index (χ4n) is 1.57. The minimum Gasteiger partial charge on any atom is -0.392 e. The molecule has 1 aromatic heterocycles. The quantitative estimate of drug-likeness (QED) is 0.854. The lowest BCUT2D eigenvalue weighted by Gasteiger charge is -2.11. The Kier molecular flexibility index (Phi) is 4.25. The number of aromatic nitrogens is 1. The second-order valence-corrected chi connectivity index (χ2v) is 4.90. The lowest BCUT2D eigenvalue weighted by molar-refractivity contribution is 0.282. The zero-order valence-corrected chi connectivity index (χ0v) is 10.6. The predicted octanol–water partition coefficient (Wildman–Crippen LogP) is 2.49. The zero-order chi connectivity index (χ0) is 12.1. The van der Waals surface area contributed by atoms with E-state index < -0.39 is 0 Å². The molecule has 0 bridgehead atoms. The Bertz CT molecular complexity index is 439. The molecule has 2 aromatic rings. The molecule has 90 valence electrons. The van der Waals surface area contributed by atoms with Crippen LogP contribution < -0.4 is 5.32 Å². The SMILES string of the molecule is CC(NCc1ccc(CO)cc1)c1cncs1. The summed E-state index contributed by atoms with van der Waals surface area (Å²) in [5.74, 6) is 0. The van der Waals surface area contributed by atoms with Crippen LogP contribution in [0, 0.1) is 0 Å².